The van der Waals surface area contributed by atoms with Gasteiger partial charge in [0.25, 0.3) is 0 Å². The van der Waals surface area contributed by atoms with Gasteiger partial charge in [0.1, 0.15) is 5.44 Å². The van der Waals surface area contributed by atoms with E-state index in [0.717, 1.165) is 11.5 Å². The highest BCUT2D eigenvalue weighted by Crippen LogP contribution is 2.15. The van der Waals surface area contributed by atoms with E-state index in [-0.39, 0.29) is 12.0 Å². The molecule has 0 aliphatic rings. The molecule has 0 aliphatic carbocycles. The lowest BCUT2D eigenvalue weighted by Crippen LogP contribution is -2.07. The Hall–Kier alpha value is 1.32. The van der Waals surface area contributed by atoms with Crippen LogP contribution in [0, 0.1) is 0 Å². The van der Waals surface area contributed by atoms with Crippen LogP contribution in [0.25, 0.3) is 0 Å². The van der Waals surface area contributed by atoms with Crippen LogP contribution in [-0.4, -0.2) is 62.5 Å². The van der Waals surface area contributed by atoms with Gasteiger partial charge in [-0.1, -0.05) is 6.92 Å². The molecule has 0 fully saturated rings. The largest absolute Gasteiger partial charge is 0.396 e. The first kappa shape index (κ1) is 17.3. The molecule has 0 heterocycles. The minimum absolute atomic E-state index is 0.150. The van der Waals surface area contributed by atoms with Crippen molar-refractivity contribution in [2.75, 3.05) is 46.9 Å². The highest BCUT2D eigenvalue weighted by Gasteiger charge is 2.03. The van der Waals surface area contributed by atoms with Gasteiger partial charge in [0, 0.05) is 34.5 Å². The van der Waals surface area contributed by atoms with Crippen LogP contribution in [0.4, 0.5) is 0 Å². The van der Waals surface area contributed by atoms with Crippen molar-refractivity contribution in [3.8, 4) is 0 Å². The van der Waals surface area contributed by atoms with Crippen LogP contribution in [-0.2, 0) is 0 Å². The van der Waals surface area contributed by atoms with Crippen LogP contribution in [0.5, 0.6) is 0 Å². The van der Waals surface area contributed by atoms with Gasteiger partial charge in [-0.2, -0.15) is 35.3 Å². The second-order valence-electron chi connectivity index (χ2n) is 2.93. The fourth-order valence-electron chi connectivity index (χ4n) is 0.903. The Bertz CT molecular complexity index is 138. The summed E-state index contributed by atoms with van der Waals surface area (Å²) in [7, 11) is 0. The van der Waals surface area contributed by atoms with Crippen LogP contribution < -0.4 is 0 Å². The topological polar surface area (TPSA) is 40.5 Å². The molecule has 2 N–H and O–H groups in total. The molecule has 98 valence electrons. The third kappa shape index (κ3) is 13.4. The standard InChI is InChI=1S/C10H22O2S4/c1-2-13-5-6-14-7-8-15-9-10(12)16-4-3-11/h10-12H,2-9H2,1H3. The normalized spacial score (nSPS) is 12.9. The first-order valence-corrected chi connectivity index (χ1v) is 9.96. The quantitative estimate of drug-likeness (QED) is 0.426. The van der Waals surface area contributed by atoms with Gasteiger partial charge in [0.15, 0.2) is 0 Å². The lowest BCUT2D eigenvalue weighted by Gasteiger charge is -2.08. The summed E-state index contributed by atoms with van der Waals surface area (Å²) in [4.78, 5) is 0. The molecule has 1 atom stereocenters. The molecule has 0 radical (unpaired) electrons. The Morgan fingerprint density at radius 1 is 0.938 bits per heavy atom. The van der Waals surface area contributed by atoms with Crippen molar-refractivity contribution < 1.29 is 10.2 Å². The first-order chi connectivity index (χ1) is 7.81. The average molecular weight is 303 g/mol. The number of hydrogen-bond donors (Lipinski definition) is 2. The lowest BCUT2D eigenvalue weighted by molar-refractivity contribution is 0.284. The summed E-state index contributed by atoms with van der Waals surface area (Å²) in [6.45, 7) is 2.34. The summed E-state index contributed by atoms with van der Waals surface area (Å²) in [6, 6.07) is 0. The van der Waals surface area contributed by atoms with Gasteiger partial charge in [-0.05, 0) is 5.75 Å². The number of thioether (sulfide) groups is 4. The Kier molecular flexibility index (Phi) is 15.6. The molecule has 0 rings (SSSR count). The van der Waals surface area contributed by atoms with Crippen molar-refractivity contribution in [3.05, 3.63) is 0 Å². The van der Waals surface area contributed by atoms with Gasteiger partial charge >= 0.3 is 0 Å². The van der Waals surface area contributed by atoms with Crippen molar-refractivity contribution in [1.82, 2.24) is 0 Å². The maximum absolute atomic E-state index is 9.47. The Morgan fingerprint density at radius 3 is 2.19 bits per heavy atom. The third-order valence-corrected chi connectivity index (χ3v) is 6.24. The molecular weight excluding hydrogens is 280 g/mol. The van der Waals surface area contributed by atoms with E-state index in [0.29, 0.717) is 5.75 Å². The maximum Gasteiger partial charge on any atom is 0.108 e. The Morgan fingerprint density at radius 2 is 1.56 bits per heavy atom. The Labute approximate surface area is 116 Å². The highest BCUT2D eigenvalue weighted by atomic mass is 32.2. The average Bonchev–Trinajstić information content (AvgIpc) is 2.30. The number of aliphatic hydroxyl groups is 2. The number of rotatable bonds is 12. The van der Waals surface area contributed by atoms with E-state index in [2.05, 4.69) is 6.92 Å². The molecule has 0 saturated heterocycles. The van der Waals surface area contributed by atoms with E-state index in [9.17, 15) is 5.11 Å². The molecule has 6 heteroatoms. The summed E-state index contributed by atoms with van der Waals surface area (Å²) >= 11 is 7.21. The van der Waals surface area contributed by atoms with E-state index < -0.39 is 0 Å². The van der Waals surface area contributed by atoms with E-state index in [4.69, 9.17) is 5.11 Å². The van der Waals surface area contributed by atoms with Crippen molar-refractivity contribution in [2.45, 2.75) is 12.4 Å². The second kappa shape index (κ2) is 14.4. The summed E-state index contributed by atoms with van der Waals surface area (Å²) in [5.74, 6) is 7.38. The minimum Gasteiger partial charge on any atom is -0.396 e. The monoisotopic (exact) mass is 302 g/mol. The van der Waals surface area contributed by atoms with Gasteiger partial charge in [0.2, 0.25) is 0 Å². The van der Waals surface area contributed by atoms with Crippen LogP contribution in [0.1, 0.15) is 6.92 Å². The third-order valence-electron chi connectivity index (χ3n) is 1.61. The van der Waals surface area contributed by atoms with Gasteiger partial charge in [-0.15, -0.1) is 11.8 Å². The maximum atomic E-state index is 9.47. The fourth-order valence-corrected chi connectivity index (χ4v) is 4.70. The molecule has 2 nitrogen and oxygen atoms in total. The molecule has 0 aromatic rings. The Balaban J connectivity index is 3.02. The highest BCUT2D eigenvalue weighted by molar-refractivity contribution is 8.05. The van der Waals surface area contributed by atoms with E-state index >= 15 is 0 Å². The van der Waals surface area contributed by atoms with Crippen LogP contribution >= 0.6 is 47.0 Å². The molecule has 1 unspecified atom stereocenters. The zero-order chi connectivity index (χ0) is 12.1. The summed E-state index contributed by atoms with van der Waals surface area (Å²) in [5, 5.41) is 18.1. The molecule has 0 amide bonds. The number of aliphatic hydroxyl groups excluding tert-OH is 2. The molecule has 16 heavy (non-hydrogen) atoms. The SMILES string of the molecule is CCSCCSCCSCC(O)SCCO. The van der Waals surface area contributed by atoms with E-state index in [1.807, 2.05) is 23.5 Å². The van der Waals surface area contributed by atoms with E-state index in [1.54, 1.807) is 11.8 Å². The zero-order valence-electron chi connectivity index (χ0n) is 9.76. The summed E-state index contributed by atoms with van der Waals surface area (Å²) in [6.07, 6.45) is 0. The van der Waals surface area contributed by atoms with Gasteiger partial charge in [-0.25, -0.2) is 0 Å². The molecule has 0 bridgehead atoms. The smallest absolute Gasteiger partial charge is 0.108 e. The predicted octanol–water partition coefficient (Wildman–Crippen LogP) is 2.25. The van der Waals surface area contributed by atoms with Crippen molar-refractivity contribution in [3.63, 3.8) is 0 Å². The minimum atomic E-state index is -0.321. The molecule has 0 aliphatic heterocycles. The van der Waals surface area contributed by atoms with Gasteiger partial charge in [0.05, 0.1) is 6.61 Å². The predicted molar refractivity (Wildman–Crippen MR) is 83.2 cm³/mol. The molecule has 0 aromatic carbocycles. The van der Waals surface area contributed by atoms with Gasteiger partial charge in [-0.3, -0.25) is 0 Å². The van der Waals surface area contributed by atoms with Crippen LogP contribution in [0.3, 0.4) is 0 Å². The van der Waals surface area contributed by atoms with Crippen molar-refractivity contribution in [2.24, 2.45) is 0 Å². The number of hydrogen-bond acceptors (Lipinski definition) is 6. The first-order valence-electron chi connectivity index (χ1n) is 5.45. The molecule has 0 aromatic heterocycles. The van der Waals surface area contributed by atoms with Crippen molar-refractivity contribution >= 4 is 47.0 Å². The van der Waals surface area contributed by atoms with Crippen LogP contribution in [0.2, 0.25) is 0 Å². The summed E-state index contributed by atoms with van der Waals surface area (Å²) in [5.41, 5.74) is -0.321. The lowest BCUT2D eigenvalue weighted by atomic mass is 10.8. The zero-order valence-corrected chi connectivity index (χ0v) is 13.0. The molecule has 0 saturated carbocycles. The van der Waals surface area contributed by atoms with Gasteiger partial charge < -0.3 is 10.2 Å². The second-order valence-corrected chi connectivity index (χ2v) is 7.99. The molecular formula is C10H22O2S4. The van der Waals surface area contributed by atoms with Crippen molar-refractivity contribution in [1.29, 1.82) is 0 Å². The molecule has 0 spiro atoms. The van der Waals surface area contributed by atoms with Crippen LogP contribution in [0.15, 0.2) is 0 Å². The van der Waals surface area contributed by atoms with E-state index in [1.165, 1.54) is 34.8 Å². The fraction of sp³-hybridized carbons (Fsp3) is 1.00. The summed E-state index contributed by atoms with van der Waals surface area (Å²) < 4.78 is 0.